The number of aromatic nitrogens is 2. The molecule has 0 aliphatic rings. The highest BCUT2D eigenvalue weighted by molar-refractivity contribution is 6.11. The van der Waals surface area contributed by atoms with Gasteiger partial charge < -0.3 is 9.13 Å². The van der Waals surface area contributed by atoms with Gasteiger partial charge in [0.2, 0.25) is 0 Å². The largest absolute Gasteiger partial charge is 0.309 e. The molecule has 0 spiro atoms. The highest BCUT2D eigenvalue weighted by Crippen LogP contribution is 2.39. The molecule has 0 aliphatic carbocycles. The summed E-state index contributed by atoms with van der Waals surface area (Å²) in [6, 6.07) is 59.0. The molecule has 48 heavy (non-hydrogen) atoms. The van der Waals surface area contributed by atoms with Gasteiger partial charge in [-0.3, -0.25) is 0 Å². The first-order chi connectivity index (χ1) is 23.7. The van der Waals surface area contributed by atoms with Crippen LogP contribution < -0.4 is 0 Å². The number of hydrogen-bond acceptors (Lipinski definition) is 2. The van der Waals surface area contributed by atoms with Crippen molar-refractivity contribution in [1.29, 1.82) is 10.5 Å². The van der Waals surface area contributed by atoms with Crippen molar-refractivity contribution in [1.82, 2.24) is 9.13 Å². The third-order valence-corrected chi connectivity index (χ3v) is 9.42. The third kappa shape index (κ3) is 4.14. The SMILES string of the molecule is N#Cc1ccc2c(c1)c1ccccc1n2-c1c(C#N)cccc1-c1ccc(-c2ccc(-n3c4ccccc4c4ccccc43)cc2)cc1. The number of nitrogens with zero attached hydrogens (tertiary/aromatic N) is 4. The molecule has 9 rings (SSSR count). The molecule has 4 nitrogen and oxygen atoms in total. The van der Waals surface area contributed by atoms with Crippen molar-refractivity contribution in [2.24, 2.45) is 0 Å². The van der Waals surface area contributed by atoms with E-state index in [1.165, 1.54) is 21.8 Å². The van der Waals surface area contributed by atoms with Crippen LogP contribution in [0.5, 0.6) is 0 Å². The Hall–Kier alpha value is -6.88. The molecule has 0 unspecified atom stereocenters. The van der Waals surface area contributed by atoms with Crippen molar-refractivity contribution < 1.29 is 0 Å². The lowest BCUT2D eigenvalue weighted by Crippen LogP contribution is -2.01. The molecule has 9 aromatic rings. The normalized spacial score (nSPS) is 11.3. The predicted molar refractivity (Wildman–Crippen MR) is 195 cm³/mol. The molecule has 222 valence electrons. The quantitative estimate of drug-likeness (QED) is 0.199. The van der Waals surface area contributed by atoms with E-state index in [1.807, 2.05) is 42.5 Å². The maximum Gasteiger partial charge on any atom is 0.101 e. The van der Waals surface area contributed by atoms with Gasteiger partial charge in [-0.05, 0) is 71.3 Å². The lowest BCUT2D eigenvalue weighted by Gasteiger charge is -2.16. The first-order valence-electron chi connectivity index (χ1n) is 15.9. The number of rotatable bonds is 4. The van der Waals surface area contributed by atoms with Crippen LogP contribution in [-0.2, 0) is 0 Å². The zero-order valence-electron chi connectivity index (χ0n) is 25.8. The van der Waals surface area contributed by atoms with Crippen LogP contribution in [0.25, 0.3) is 77.2 Å². The molecule has 0 amide bonds. The lowest BCUT2D eigenvalue weighted by molar-refractivity contribution is 1.17. The smallest absolute Gasteiger partial charge is 0.101 e. The van der Waals surface area contributed by atoms with Gasteiger partial charge in [-0.15, -0.1) is 0 Å². The second kappa shape index (κ2) is 10.9. The van der Waals surface area contributed by atoms with Crippen LogP contribution in [0.1, 0.15) is 11.1 Å². The molecule has 0 radical (unpaired) electrons. The topological polar surface area (TPSA) is 57.4 Å². The summed E-state index contributed by atoms with van der Waals surface area (Å²) in [4.78, 5) is 0. The molecule has 0 fully saturated rings. The summed E-state index contributed by atoms with van der Waals surface area (Å²) in [5.41, 5.74) is 11.7. The van der Waals surface area contributed by atoms with Crippen molar-refractivity contribution in [3.05, 3.63) is 169 Å². The van der Waals surface area contributed by atoms with Crippen LogP contribution in [0, 0.1) is 22.7 Å². The Morgan fingerprint density at radius 2 is 0.917 bits per heavy atom. The molecule has 2 heterocycles. The van der Waals surface area contributed by atoms with Gasteiger partial charge in [-0.1, -0.05) is 103 Å². The fourth-order valence-electron chi connectivity index (χ4n) is 7.24. The molecule has 0 saturated heterocycles. The molecular weight excluding hydrogens is 585 g/mol. The van der Waals surface area contributed by atoms with Crippen molar-refractivity contribution in [2.45, 2.75) is 0 Å². The van der Waals surface area contributed by atoms with Gasteiger partial charge >= 0.3 is 0 Å². The van der Waals surface area contributed by atoms with Crippen LogP contribution >= 0.6 is 0 Å². The Bertz CT molecular complexity index is 2730. The summed E-state index contributed by atoms with van der Waals surface area (Å²) in [6.45, 7) is 0. The molecule has 4 heteroatoms. The zero-order valence-corrected chi connectivity index (χ0v) is 25.8. The minimum Gasteiger partial charge on any atom is -0.309 e. The van der Waals surface area contributed by atoms with Crippen molar-refractivity contribution >= 4 is 43.6 Å². The highest BCUT2D eigenvalue weighted by atomic mass is 15.0. The molecule has 0 bridgehead atoms. The van der Waals surface area contributed by atoms with E-state index in [2.05, 4.69) is 137 Å². The Morgan fingerprint density at radius 3 is 1.52 bits per heavy atom. The highest BCUT2D eigenvalue weighted by Gasteiger charge is 2.19. The minimum absolute atomic E-state index is 0.587. The summed E-state index contributed by atoms with van der Waals surface area (Å²) < 4.78 is 4.50. The van der Waals surface area contributed by atoms with Crippen molar-refractivity contribution in [3.63, 3.8) is 0 Å². The van der Waals surface area contributed by atoms with Crippen LogP contribution in [0.4, 0.5) is 0 Å². The Kier molecular flexibility index (Phi) is 6.22. The van der Waals surface area contributed by atoms with E-state index in [1.54, 1.807) is 0 Å². The third-order valence-electron chi connectivity index (χ3n) is 9.42. The molecule has 0 saturated carbocycles. The number of para-hydroxylation sites is 4. The van der Waals surface area contributed by atoms with E-state index < -0.39 is 0 Å². The van der Waals surface area contributed by atoms with E-state index in [-0.39, 0.29) is 0 Å². The zero-order chi connectivity index (χ0) is 32.2. The Balaban J connectivity index is 1.13. The van der Waals surface area contributed by atoms with E-state index in [9.17, 15) is 10.5 Å². The first-order valence-corrected chi connectivity index (χ1v) is 15.9. The van der Waals surface area contributed by atoms with Crippen LogP contribution in [0.2, 0.25) is 0 Å². The average Bonchev–Trinajstić information content (AvgIpc) is 3.67. The predicted octanol–water partition coefficient (Wildman–Crippen LogP) is 11.0. The van der Waals surface area contributed by atoms with Gasteiger partial charge in [0.1, 0.15) is 6.07 Å². The molecule has 7 aromatic carbocycles. The summed E-state index contributed by atoms with van der Waals surface area (Å²) in [6.07, 6.45) is 0. The maximum absolute atomic E-state index is 10.3. The van der Waals surface area contributed by atoms with Crippen LogP contribution in [0.15, 0.2) is 158 Å². The number of fused-ring (bicyclic) bond motifs is 6. The Labute approximate surface area is 277 Å². The minimum atomic E-state index is 0.587. The Morgan fingerprint density at radius 1 is 0.396 bits per heavy atom. The van der Waals surface area contributed by atoms with Gasteiger partial charge in [-0.2, -0.15) is 10.5 Å². The fourth-order valence-corrected chi connectivity index (χ4v) is 7.24. The molecule has 0 N–H and O–H groups in total. The summed E-state index contributed by atoms with van der Waals surface area (Å²) >= 11 is 0. The summed E-state index contributed by atoms with van der Waals surface area (Å²) in [5.74, 6) is 0. The number of nitriles is 2. The van der Waals surface area contributed by atoms with Crippen LogP contribution in [-0.4, -0.2) is 9.13 Å². The van der Waals surface area contributed by atoms with Gasteiger partial charge in [0, 0.05) is 32.8 Å². The maximum atomic E-state index is 10.3. The molecular formula is C44H26N4. The van der Waals surface area contributed by atoms with Crippen molar-refractivity contribution in [2.75, 3.05) is 0 Å². The lowest BCUT2D eigenvalue weighted by atomic mass is 9.97. The van der Waals surface area contributed by atoms with Crippen molar-refractivity contribution in [3.8, 4) is 45.8 Å². The van der Waals surface area contributed by atoms with Gasteiger partial charge in [0.05, 0.1) is 45.0 Å². The molecule has 2 aromatic heterocycles. The van der Waals surface area contributed by atoms with Gasteiger partial charge in [-0.25, -0.2) is 0 Å². The summed E-state index contributed by atoms with van der Waals surface area (Å²) in [5, 5.41) is 24.4. The van der Waals surface area contributed by atoms with Crippen LogP contribution in [0.3, 0.4) is 0 Å². The first kappa shape index (κ1) is 27.4. The second-order valence-electron chi connectivity index (χ2n) is 12.0. The summed E-state index contributed by atoms with van der Waals surface area (Å²) in [7, 11) is 0. The number of hydrogen-bond donors (Lipinski definition) is 0. The van der Waals surface area contributed by atoms with Gasteiger partial charge in [0.25, 0.3) is 0 Å². The van der Waals surface area contributed by atoms with E-state index in [0.717, 1.165) is 55.4 Å². The van der Waals surface area contributed by atoms with Gasteiger partial charge in [0.15, 0.2) is 0 Å². The standard InChI is InChI=1S/C44H26N4/c45-27-29-16-25-43-39(26-29)38-11-3-6-15-42(38)48(43)44-33(28-46)8-7-12-35(44)32-19-17-30(18-20-32)31-21-23-34(24-22-31)47-40-13-4-1-9-36(40)37-10-2-5-14-41(37)47/h1-26H. The second-order valence-corrected chi connectivity index (χ2v) is 12.0. The molecule has 0 atom stereocenters. The fraction of sp³-hybridized carbons (Fsp3) is 0. The van der Waals surface area contributed by atoms with E-state index >= 15 is 0 Å². The van der Waals surface area contributed by atoms with E-state index in [4.69, 9.17) is 0 Å². The number of benzene rings is 7. The average molecular weight is 611 g/mol. The monoisotopic (exact) mass is 610 g/mol. The van der Waals surface area contributed by atoms with E-state index in [0.29, 0.717) is 11.1 Å². The molecule has 0 aliphatic heterocycles.